The van der Waals surface area contributed by atoms with Gasteiger partial charge in [-0.15, -0.1) is 0 Å². The van der Waals surface area contributed by atoms with Crippen LogP contribution in [0.15, 0.2) is 18.2 Å². The van der Waals surface area contributed by atoms with E-state index in [2.05, 4.69) is 0 Å². The number of rotatable bonds is 2. The summed E-state index contributed by atoms with van der Waals surface area (Å²) in [6, 6.07) is 2.77. The van der Waals surface area contributed by atoms with Gasteiger partial charge in [0.1, 0.15) is 9.57 Å². The number of fused-ring (bicyclic) bond motifs is 2. The molecule has 1 amide bonds. The lowest BCUT2D eigenvalue weighted by Gasteiger charge is -2.33. The van der Waals surface area contributed by atoms with Gasteiger partial charge in [0.2, 0.25) is 5.91 Å². The molecule has 9 heteroatoms. The zero-order valence-corrected chi connectivity index (χ0v) is 13.2. The number of alkyl halides is 1. The molecule has 122 valence electrons. The molecule has 2 bridgehead atoms. The van der Waals surface area contributed by atoms with Gasteiger partial charge >= 0.3 is 5.97 Å². The average molecular weight is 359 g/mol. The standard InChI is InChI=1S/C14H11F2NO4S2/c15-8-5-6(1-2-9(8)18)14(16)7(12(20)21)3-4-17-11(19)10(14)23-13(17)22/h1-2,5,7,10,18H,3-4H2,(H,20,21). The maximum absolute atomic E-state index is 15.9. The van der Waals surface area contributed by atoms with Gasteiger partial charge in [-0.2, -0.15) is 0 Å². The molecule has 2 aliphatic rings. The van der Waals surface area contributed by atoms with Gasteiger partial charge in [0.15, 0.2) is 17.2 Å². The SMILES string of the molecule is O=C(O)C1CCN2C(=O)C(SC2=S)C1(F)c1ccc(O)c(F)c1. The van der Waals surface area contributed by atoms with E-state index in [1.807, 2.05) is 0 Å². The number of phenolic OH excluding ortho intramolecular Hbond substituents is 1. The van der Waals surface area contributed by atoms with Crippen LogP contribution in [-0.2, 0) is 15.3 Å². The zero-order valence-electron chi connectivity index (χ0n) is 11.5. The molecule has 0 aliphatic carbocycles. The summed E-state index contributed by atoms with van der Waals surface area (Å²) in [5, 5.41) is 17.3. The van der Waals surface area contributed by atoms with Crippen LogP contribution in [0.3, 0.4) is 0 Å². The lowest BCUT2D eigenvalue weighted by Crippen LogP contribution is -2.45. The Morgan fingerprint density at radius 1 is 1.48 bits per heavy atom. The third kappa shape index (κ3) is 2.29. The van der Waals surface area contributed by atoms with Gasteiger partial charge in [0.25, 0.3) is 0 Å². The molecule has 0 radical (unpaired) electrons. The second-order valence-electron chi connectivity index (χ2n) is 5.37. The van der Waals surface area contributed by atoms with Crippen LogP contribution < -0.4 is 0 Å². The van der Waals surface area contributed by atoms with Gasteiger partial charge in [-0.3, -0.25) is 14.5 Å². The number of amides is 1. The number of thiocarbonyl (C=S) groups is 1. The van der Waals surface area contributed by atoms with E-state index in [0.29, 0.717) is 0 Å². The van der Waals surface area contributed by atoms with Crippen LogP contribution in [0.5, 0.6) is 5.75 Å². The summed E-state index contributed by atoms with van der Waals surface area (Å²) in [5.74, 6) is -5.31. The molecule has 2 aliphatic heterocycles. The summed E-state index contributed by atoms with van der Waals surface area (Å²) in [6.07, 6.45) is -0.142. The molecular formula is C14H11F2NO4S2. The van der Waals surface area contributed by atoms with Crippen LogP contribution in [0.4, 0.5) is 8.78 Å². The largest absolute Gasteiger partial charge is 0.505 e. The fourth-order valence-corrected chi connectivity index (χ4v) is 4.65. The molecule has 23 heavy (non-hydrogen) atoms. The molecule has 0 aromatic heterocycles. The van der Waals surface area contributed by atoms with Gasteiger partial charge < -0.3 is 10.2 Å². The number of phenols is 1. The number of carboxylic acid groups (broad SMARTS) is 1. The van der Waals surface area contributed by atoms with Crippen LogP contribution >= 0.6 is 24.0 Å². The minimum Gasteiger partial charge on any atom is -0.505 e. The van der Waals surface area contributed by atoms with Gasteiger partial charge in [0, 0.05) is 6.54 Å². The van der Waals surface area contributed by atoms with Gasteiger partial charge in [0.05, 0.1) is 5.92 Å². The molecule has 2 N–H and O–H groups in total. The summed E-state index contributed by atoms with van der Waals surface area (Å²) in [6.45, 7) is 0.00433. The molecule has 0 saturated carbocycles. The Kier molecular flexibility index (Phi) is 3.80. The van der Waals surface area contributed by atoms with Crippen molar-refractivity contribution in [3.05, 3.63) is 29.6 Å². The molecule has 3 atom stereocenters. The summed E-state index contributed by atoms with van der Waals surface area (Å²) in [4.78, 5) is 25.1. The first-order chi connectivity index (χ1) is 10.8. The highest BCUT2D eigenvalue weighted by molar-refractivity contribution is 8.24. The second-order valence-corrected chi connectivity index (χ2v) is 7.11. The number of aromatic hydroxyl groups is 1. The van der Waals surface area contributed by atoms with Crippen LogP contribution in [0, 0.1) is 11.7 Å². The number of halogens is 2. The number of nitrogens with zero attached hydrogens (tertiary/aromatic N) is 1. The lowest BCUT2D eigenvalue weighted by atomic mass is 9.78. The van der Waals surface area contributed by atoms with Crippen molar-refractivity contribution in [3.63, 3.8) is 0 Å². The summed E-state index contributed by atoms with van der Waals surface area (Å²) in [5.41, 5.74) is -2.92. The third-order valence-corrected chi connectivity index (χ3v) is 5.86. The molecule has 2 heterocycles. The number of carbonyl (C=O) groups excluding carboxylic acids is 1. The fraction of sp³-hybridized carbons (Fsp3) is 0.357. The van der Waals surface area contributed by atoms with Crippen molar-refractivity contribution in [1.82, 2.24) is 4.90 Å². The predicted octanol–water partition coefficient (Wildman–Crippen LogP) is 2.03. The topological polar surface area (TPSA) is 77.8 Å². The van der Waals surface area contributed by atoms with Gasteiger partial charge in [-0.1, -0.05) is 30.0 Å². The van der Waals surface area contributed by atoms with Crippen molar-refractivity contribution in [2.24, 2.45) is 5.92 Å². The first-order valence-corrected chi connectivity index (χ1v) is 7.98. The monoisotopic (exact) mass is 359 g/mol. The first kappa shape index (κ1) is 16.1. The Morgan fingerprint density at radius 2 is 2.17 bits per heavy atom. The highest BCUT2D eigenvalue weighted by Gasteiger charge is 2.60. The number of carboxylic acids is 1. The molecule has 2 saturated heterocycles. The Balaban J connectivity index is 2.19. The fourth-order valence-electron chi connectivity index (χ4n) is 2.97. The highest BCUT2D eigenvalue weighted by Crippen LogP contribution is 2.51. The van der Waals surface area contributed by atoms with Crippen LogP contribution in [0.1, 0.15) is 12.0 Å². The van der Waals surface area contributed by atoms with Crippen molar-refractivity contribution < 1.29 is 28.6 Å². The van der Waals surface area contributed by atoms with E-state index in [1.54, 1.807) is 0 Å². The van der Waals surface area contributed by atoms with Crippen LogP contribution in [-0.4, -0.2) is 43.1 Å². The second kappa shape index (κ2) is 5.41. The number of aliphatic carboxylic acids is 1. The first-order valence-electron chi connectivity index (χ1n) is 6.69. The molecule has 2 fully saturated rings. The minimum atomic E-state index is -2.63. The number of hydrogen-bond acceptors (Lipinski definition) is 5. The van der Waals surface area contributed by atoms with E-state index in [-0.39, 0.29) is 22.8 Å². The van der Waals surface area contributed by atoms with Crippen molar-refractivity contribution in [2.75, 3.05) is 6.54 Å². The number of benzene rings is 1. The molecule has 3 rings (SSSR count). The number of hydrogen-bond donors (Lipinski definition) is 2. The molecule has 1 aromatic rings. The summed E-state index contributed by atoms with van der Waals surface area (Å²) >= 11 is 5.81. The normalized spacial score (nSPS) is 30.4. The minimum absolute atomic E-state index is 0.00433. The molecule has 5 nitrogen and oxygen atoms in total. The van der Waals surface area contributed by atoms with E-state index in [1.165, 1.54) is 4.90 Å². The van der Waals surface area contributed by atoms with E-state index in [4.69, 9.17) is 12.2 Å². The summed E-state index contributed by atoms with van der Waals surface area (Å²) in [7, 11) is 0. The zero-order chi connectivity index (χ0) is 16.9. The Labute approximate surface area is 139 Å². The Morgan fingerprint density at radius 3 is 2.78 bits per heavy atom. The average Bonchev–Trinajstić information content (AvgIpc) is 2.70. The Bertz CT molecular complexity index is 729. The molecule has 3 unspecified atom stereocenters. The van der Waals surface area contributed by atoms with E-state index in [9.17, 15) is 24.2 Å². The molecular weight excluding hydrogens is 348 g/mol. The van der Waals surface area contributed by atoms with Crippen molar-refractivity contribution in [2.45, 2.75) is 17.3 Å². The van der Waals surface area contributed by atoms with Crippen LogP contribution in [0.2, 0.25) is 0 Å². The molecule has 0 spiro atoms. The van der Waals surface area contributed by atoms with Gasteiger partial charge in [-0.05, 0) is 24.1 Å². The smallest absolute Gasteiger partial charge is 0.310 e. The highest BCUT2D eigenvalue weighted by atomic mass is 32.2. The lowest BCUT2D eigenvalue weighted by molar-refractivity contribution is -0.148. The van der Waals surface area contributed by atoms with Gasteiger partial charge in [-0.25, -0.2) is 8.78 Å². The number of thioether (sulfide) groups is 1. The van der Waals surface area contributed by atoms with Crippen molar-refractivity contribution in [1.29, 1.82) is 0 Å². The Hall–Kier alpha value is -1.74. The molecule has 1 aromatic carbocycles. The van der Waals surface area contributed by atoms with Crippen molar-refractivity contribution >= 4 is 40.2 Å². The van der Waals surface area contributed by atoms with E-state index < -0.39 is 40.3 Å². The summed E-state index contributed by atoms with van der Waals surface area (Å²) < 4.78 is 29.8. The van der Waals surface area contributed by atoms with E-state index >= 15 is 4.39 Å². The van der Waals surface area contributed by atoms with Crippen LogP contribution in [0.25, 0.3) is 0 Å². The van der Waals surface area contributed by atoms with E-state index in [0.717, 1.165) is 30.0 Å². The van der Waals surface area contributed by atoms with Crippen molar-refractivity contribution in [3.8, 4) is 5.75 Å². The maximum atomic E-state index is 15.9. The third-order valence-electron chi connectivity index (χ3n) is 4.15. The maximum Gasteiger partial charge on any atom is 0.310 e. The predicted molar refractivity (Wildman–Crippen MR) is 82.3 cm³/mol. The number of carbonyl (C=O) groups is 2. The quantitative estimate of drug-likeness (QED) is 0.787.